The molecule has 3 aromatic rings. The van der Waals surface area contributed by atoms with E-state index >= 15 is 0 Å². The highest BCUT2D eigenvalue weighted by molar-refractivity contribution is 9.10. The van der Waals surface area contributed by atoms with Gasteiger partial charge in [-0.1, -0.05) is 64.5 Å². The highest BCUT2D eigenvalue weighted by Gasteiger charge is 2.17. The lowest BCUT2D eigenvalue weighted by Gasteiger charge is -2.15. The minimum absolute atomic E-state index is 0.0594. The van der Waals surface area contributed by atoms with Gasteiger partial charge in [0, 0.05) is 17.4 Å². The van der Waals surface area contributed by atoms with Gasteiger partial charge in [-0.15, -0.1) is 6.58 Å². The van der Waals surface area contributed by atoms with Gasteiger partial charge >= 0.3 is 0 Å². The third kappa shape index (κ3) is 7.26. The zero-order chi connectivity index (χ0) is 24.3. The van der Waals surface area contributed by atoms with Gasteiger partial charge in [-0.2, -0.15) is 0 Å². The van der Waals surface area contributed by atoms with E-state index in [0.29, 0.717) is 42.1 Å². The molecular formula is C26H24BrN3O3S. The summed E-state index contributed by atoms with van der Waals surface area (Å²) < 4.78 is 6.63. The Morgan fingerprint density at radius 3 is 2.47 bits per heavy atom. The van der Waals surface area contributed by atoms with Crippen LogP contribution in [0.25, 0.3) is 0 Å². The smallest absolute Gasteiger partial charge is 0.261 e. The molecule has 0 heterocycles. The molecule has 2 amide bonds. The Balaban J connectivity index is 1.66. The fourth-order valence-electron chi connectivity index (χ4n) is 3.10. The second-order valence-corrected chi connectivity index (χ2v) is 8.50. The van der Waals surface area contributed by atoms with Crippen molar-refractivity contribution in [2.45, 2.75) is 6.42 Å². The van der Waals surface area contributed by atoms with E-state index < -0.39 is 5.91 Å². The number of nitrogens with one attached hydrogen (secondary N) is 3. The van der Waals surface area contributed by atoms with Crippen molar-refractivity contribution < 1.29 is 14.3 Å². The van der Waals surface area contributed by atoms with E-state index in [2.05, 4.69) is 38.5 Å². The van der Waals surface area contributed by atoms with Crippen LogP contribution in [-0.4, -0.2) is 30.1 Å². The van der Waals surface area contributed by atoms with Crippen LogP contribution in [0.3, 0.4) is 0 Å². The Hall–Kier alpha value is -3.49. The highest BCUT2D eigenvalue weighted by atomic mass is 79.9. The average molecular weight is 538 g/mol. The third-order valence-corrected chi connectivity index (χ3v) is 5.43. The first-order valence-electron chi connectivity index (χ1n) is 10.5. The second-order valence-electron chi connectivity index (χ2n) is 7.18. The van der Waals surface area contributed by atoms with Crippen LogP contribution < -0.4 is 20.7 Å². The molecule has 0 saturated heterocycles. The SMILES string of the molecule is C=CCNC(=O)c1ccccc1NC(=S)NC(=O)c1cc(Br)ccc1OCCc1ccccc1. The zero-order valence-electron chi connectivity index (χ0n) is 18.3. The van der Waals surface area contributed by atoms with Gasteiger partial charge in [-0.05, 0) is 48.1 Å². The molecule has 34 heavy (non-hydrogen) atoms. The van der Waals surface area contributed by atoms with Crippen LogP contribution in [0.2, 0.25) is 0 Å². The fraction of sp³-hybridized carbons (Fsp3) is 0.115. The van der Waals surface area contributed by atoms with E-state index in [-0.39, 0.29) is 11.0 Å². The van der Waals surface area contributed by atoms with Gasteiger partial charge in [0.1, 0.15) is 5.75 Å². The number of ether oxygens (including phenoxy) is 1. The summed E-state index contributed by atoms with van der Waals surface area (Å²) in [4.78, 5) is 25.4. The molecule has 0 aliphatic heterocycles. The largest absolute Gasteiger partial charge is 0.492 e. The van der Waals surface area contributed by atoms with Crippen molar-refractivity contribution in [3.05, 3.63) is 107 Å². The molecular weight excluding hydrogens is 514 g/mol. The van der Waals surface area contributed by atoms with Crippen molar-refractivity contribution in [3.63, 3.8) is 0 Å². The molecule has 0 saturated carbocycles. The molecule has 0 bridgehead atoms. The molecule has 6 nitrogen and oxygen atoms in total. The lowest BCUT2D eigenvalue weighted by molar-refractivity contribution is 0.0955. The van der Waals surface area contributed by atoms with Gasteiger partial charge in [0.2, 0.25) is 0 Å². The first-order valence-corrected chi connectivity index (χ1v) is 11.7. The number of hydrogen-bond donors (Lipinski definition) is 3. The predicted molar refractivity (Wildman–Crippen MR) is 142 cm³/mol. The average Bonchev–Trinajstić information content (AvgIpc) is 2.84. The van der Waals surface area contributed by atoms with Crippen molar-refractivity contribution >= 4 is 50.8 Å². The summed E-state index contributed by atoms with van der Waals surface area (Å²) in [5.74, 6) is -0.260. The Morgan fingerprint density at radius 1 is 0.971 bits per heavy atom. The maximum Gasteiger partial charge on any atom is 0.261 e. The minimum Gasteiger partial charge on any atom is -0.492 e. The number of thiocarbonyl (C=S) groups is 1. The lowest BCUT2D eigenvalue weighted by Crippen LogP contribution is -2.35. The van der Waals surface area contributed by atoms with Crippen LogP contribution >= 0.6 is 28.1 Å². The van der Waals surface area contributed by atoms with Crippen LogP contribution in [0.5, 0.6) is 5.75 Å². The van der Waals surface area contributed by atoms with Crippen LogP contribution in [-0.2, 0) is 6.42 Å². The molecule has 0 aliphatic carbocycles. The highest BCUT2D eigenvalue weighted by Crippen LogP contribution is 2.24. The number of hydrogen-bond acceptors (Lipinski definition) is 4. The number of rotatable bonds is 9. The van der Waals surface area contributed by atoms with Crippen molar-refractivity contribution in [2.75, 3.05) is 18.5 Å². The first kappa shape index (κ1) is 25.1. The maximum absolute atomic E-state index is 13.0. The molecule has 0 fully saturated rings. The predicted octanol–water partition coefficient (Wildman–Crippen LogP) is 5.11. The van der Waals surface area contributed by atoms with E-state index in [9.17, 15) is 9.59 Å². The van der Waals surface area contributed by atoms with E-state index in [4.69, 9.17) is 17.0 Å². The molecule has 3 rings (SSSR count). The number of para-hydroxylation sites is 1. The molecule has 8 heteroatoms. The van der Waals surface area contributed by atoms with Gasteiger partial charge in [0.15, 0.2) is 5.11 Å². The molecule has 0 atom stereocenters. The minimum atomic E-state index is -0.429. The molecule has 0 aliphatic rings. The molecule has 174 valence electrons. The van der Waals surface area contributed by atoms with Crippen molar-refractivity contribution in [1.82, 2.24) is 10.6 Å². The van der Waals surface area contributed by atoms with Crippen LogP contribution in [0.1, 0.15) is 26.3 Å². The number of amides is 2. The number of halogens is 1. The maximum atomic E-state index is 13.0. The Bertz CT molecular complexity index is 1180. The summed E-state index contributed by atoms with van der Waals surface area (Å²) in [6, 6.07) is 22.1. The third-order valence-electron chi connectivity index (χ3n) is 4.73. The fourth-order valence-corrected chi connectivity index (χ4v) is 3.67. The molecule has 0 unspecified atom stereocenters. The topological polar surface area (TPSA) is 79.5 Å². The monoisotopic (exact) mass is 537 g/mol. The van der Waals surface area contributed by atoms with Gasteiger partial charge in [0.05, 0.1) is 23.4 Å². The molecule has 3 N–H and O–H groups in total. The van der Waals surface area contributed by atoms with Crippen molar-refractivity contribution in [1.29, 1.82) is 0 Å². The Morgan fingerprint density at radius 2 is 1.71 bits per heavy atom. The van der Waals surface area contributed by atoms with E-state index in [0.717, 1.165) is 10.0 Å². The normalized spacial score (nSPS) is 10.1. The first-order chi connectivity index (χ1) is 16.5. The molecule has 3 aromatic carbocycles. The van der Waals surface area contributed by atoms with Crippen LogP contribution in [0.15, 0.2) is 89.9 Å². The molecule has 0 aromatic heterocycles. The van der Waals surface area contributed by atoms with Crippen molar-refractivity contribution in [3.8, 4) is 5.75 Å². The van der Waals surface area contributed by atoms with Gasteiger partial charge in [0.25, 0.3) is 11.8 Å². The van der Waals surface area contributed by atoms with E-state index in [1.807, 2.05) is 36.4 Å². The van der Waals surface area contributed by atoms with E-state index in [1.165, 1.54) is 0 Å². The summed E-state index contributed by atoms with van der Waals surface area (Å²) in [5.41, 5.74) is 2.35. The molecule has 0 spiro atoms. The quantitative estimate of drug-likeness (QED) is 0.261. The van der Waals surface area contributed by atoms with Gasteiger partial charge in [-0.3, -0.25) is 14.9 Å². The Labute approximate surface area is 212 Å². The van der Waals surface area contributed by atoms with E-state index in [1.54, 1.807) is 42.5 Å². The second kappa shape index (κ2) is 12.7. The summed E-state index contributed by atoms with van der Waals surface area (Å²) in [7, 11) is 0. The summed E-state index contributed by atoms with van der Waals surface area (Å²) >= 11 is 8.73. The van der Waals surface area contributed by atoms with Crippen LogP contribution in [0.4, 0.5) is 5.69 Å². The van der Waals surface area contributed by atoms with Crippen molar-refractivity contribution in [2.24, 2.45) is 0 Å². The summed E-state index contributed by atoms with van der Waals surface area (Å²) in [6.07, 6.45) is 2.30. The van der Waals surface area contributed by atoms with Crippen LogP contribution in [0, 0.1) is 0 Å². The number of benzene rings is 3. The summed E-state index contributed by atoms with van der Waals surface area (Å²) in [6.45, 7) is 4.35. The van der Waals surface area contributed by atoms with Gasteiger partial charge < -0.3 is 15.4 Å². The number of carbonyl (C=O) groups is 2. The number of anilines is 1. The van der Waals surface area contributed by atoms with Gasteiger partial charge in [-0.25, -0.2) is 0 Å². The Kier molecular flexibility index (Phi) is 9.37. The lowest BCUT2D eigenvalue weighted by atomic mass is 10.1. The molecule has 0 radical (unpaired) electrons. The number of carbonyl (C=O) groups excluding carboxylic acids is 2. The zero-order valence-corrected chi connectivity index (χ0v) is 20.7. The summed E-state index contributed by atoms with van der Waals surface area (Å²) in [5, 5.41) is 8.37. The standard InChI is InChI=1S/C26H24BrN3O3S/c1-2-15-28-24(31)20-10-6-7-11-22(20)29-26(34)30-25(32)21-17-19(27)12-13-23(21)33-16-14-18-8-4-3-5-9-18/h2-13,17H,1,14-16H2,(H,28,31)(H2,29,30,32,34).